The Hall–Kier alpha value is -3.55. The van der Waals surface area contributed by atoms with Gasteiger partial charge in [-0.2, -0.15) is 0 Å². The average Bonchev–Trinajstić information content (AvgIpc) is 3.02. The lowest BCUT2D eigenvalue weighted by atomic mass is 10.3. The molecule has 4 aromatic heterocycles. The van der Waals surface area contributed by atoms with Gasteiger partial charge < -0.3 is 9.97 Å². The molecule has 0 aliphatic rings. The third kappa shape index (κ3) is 24.8. The fourth-order valence-corrected chi connectivity index (χ4v) is 2.12. The van der Waals surface area contributed by atoms with E-state index in [1.165, 1.54) is 12.3 Å². The van der Waals surface area contributed by atoms with E-state index in [0.29, 0.717) is 17.0 Å². The van der Waals surface area contributed by atoms with Gasteiger partial charge in [0.05, 0.1) is 5.56 Å². The maximum Gasteiger partial charge on any atom is 0.250 e. The number of carbonyl (C=O) groups is 1. The van der Waals surface area contributed by atoms with Crippen LogP contribution in [-0.4, -0.2) is 26.2 Å². The van der Waals surface area contributed by atoms with Gasteiger partial charge in [0.25, 0.3) is 5.56 Å². The van der Waals surface area contributed by atoms with E-state index in [0.717, 1.165) is 11.1 Å². The molecule has 40 heavy (non-hydrogen) atoms. The van der Waals surface area contributed by atoms with Crippen molar-refractivity contribution in [2.45, 2.75) is 69.2 Å². The number of carbonyl (C=O) groups excluding carboxylic acids is 1. The molecule has 4 rings (SSSR count). The van der Waals surface area contributed by atoms with Crippen molar-refractivity contribution in [3.8, 4) is 0 Å². The first kappa shape index (κ1) is 43.5. The Morgan fingerprint density at radius 2 is 1.12 bits per heavy atom. The second-order valence-corrected chi connectivity index (χ2v) is 6.74. The van der Waals surface area contributed by atoms with Crippen LogP contribution in [0, 0.1) is 13.8 Å². The Morgan fingerprint density at radius 3 is 1.40 bits per heavy atom. The third-order valence-electron chi connectivity index (χ3n) is 3.56. The molecule has 4 aromatic rings. The number of rotatable bonds is 1. The van der Waals surface area contributed by atoms with Gasteiger partial charge in [-0.1, -0.05) is 96.8 Å². The number of H-pyrrole nitrogens is 2. The van der Waals surface area contributed by atoms with Gasteiger partial charge in [0, 0.05) is 36.4 Å². The van der Waals surface area contributed by atoms with Crippen molar-refractivity contribution >= 4 is 29.5 Å². The number of aromatic nitrogens is 4. The molecule has 0 unspecified atom stereocenters. The Morgan fingerprint density at radius 1 is 0.625 bits per heavy atom. The lowest BCUT2D eigenvalue weighted by molar-refractivity contribution is 0.112. The van der Waals surface area contributed by atoms with Crippen LogP contribution in [-0.2, 0) is 0 Å². The largest absolute Gasteiger partial charge is 0.329 e. The van der Waals surface area contributed by atoms with Crippen LogP contribution < -0.4 is 11.1 Å². The van der Waals surface area contributed by atoms with Crippen molar-refractivity contribution in [2.75, 3.05) is 0 Å². The van der Waals surface area contributed by atoms with Crippen molar-refractivity contribution in [3.63, 3.8) is 0 Å². The van der Waals surface area contributed by atoms with E-state index in [4.69, 9.17) is 23.2 Å². The number of hydrogen-bond acceptors (Lipinski definition) is 5. The molecule has 0 atom stereocenters. The topological polar surface area (TPSA) is 109 Å². The first-order chi connectivity index (χ1) is 19.3. The molecular formula is C31H46Cl2N4O3. The highest BCUT2D eigenvalue weighted by Crippen LogP contribution is 2.08. The van der Waals surface area contributed by atoms with Crippen molar-refractivity contribution in [2.24, 2.45) is 0 Å². The van der Waals surface area contributed by atoms with E-state index in [2.05, 4.69) is 19.9 Å². The molecule has 9 heteroatoms. The number of aryl methyl sites for hydroxylation is 2. The molecule has 0 aliphatic carbocycles. The van der Waals surface area contributed by atoms with Gasteiger partial charge >= 0.3 is 0 Å². The molecule has 0 fully saturated rings. The zero-order valence-electron chi connectivity index (χ0n) is 25.5. The number of pyridine rings is 4. The standard InChI is InChI=1S/C6H4ClNO.C6H6ClN.C6H7NO.C5H5NO.4C2H6/c7-6-5(4-9)2-1-3-8-6;1-5-3-2-4-8-6(5)7;1-5-3-2-4-7-6(5)8;7-5-3-1-2-4-6-5;4*1-2/h1-4H;2-4H,1H3;2-4H,1H3,(H,7,8);1-4H,(H,6,7);4*1-2H3. The molecule has 0 aromatic carbocycles. The van der Waals surface area contributed by atoms with Crippen LogP contribution >= 0.6 is 23.2 Å². The van der Waals surface area contributed by atoms with Crippen molar-refractivity contribution in [1.29, 1.82) is 0 Å². The van der Waals surface area contributed by atoms with Crippen LogP contribution in [0.1, 0.15) is 76.9 Å². The summed E-state index contributed by atoms with van der Waals surface area (Å²) in [5, 5.41) is 0.847. The van der Waals surface area contributed by atoms with Crippen molar-refractivity contribution in [3.05, 3.63) is 127 Å². The predicted octanol–water partition coefficient (Wildman–Crippen LogP) is 8.75. The molecule has 222 valence electrons. The summed E-state index contributed by atoms with van der Waals surface area (Å²) in [6.45, 7) is 19.7. The lowest BCUT2D eigenvalue weighted by Gasteiger charge is -1.89. The van der Waals surface area contributed by atoms with Gasteiger partial charge in [0.1, 0.15) is 10.3 Å². The highest BCUT2D eigenvalue weighted by molar-refractivity contribution is 6.31. The first-order valence-corrected chi connectivity index (χ1v) is 14.0. The van der Waals surface area contributed by atoms with E-state index in [1.54, 1.807) is 61.9 Å². The molecule has 2 N–H and O–H groups in total. The second kappa shape index (κ2) is 33.5. The normalized spacial score (nSPS) is 7.80. The number of aldehydes is 1. The molecular weight excluding hydrogens is 547 g/mol. The van der Waals surface area contributed by atoms with Crippen LogP contribution in [0.2, 0.25) is 10.3 Å². The summed E-state index contributed by atoms with van der Waals surface area (Å²) in [5.74, 6) is 0. The quantitative estimate of drug-likeness (QED) is 0.169. The van der Waals surface area contributed by atoms with Gasteiger partial charge in [-0.3, -0.25) is 14.4 Å². The van der Waals surface area contributed by atoms with E-state index >= 15 is 0 Å². The van der Waals surface area contributed by atoms with E-state index < -0.39 is 0 Å². The Bertz CT molecular complexity index is 1170. The number of nitrogens with zero attached hydrogens (tertiary/aromatic N) is 2. The van der Waals surface area contributed by atoms with E-state index in [-0.39, 0.29) is 16.3 Å². The molecule has 0 radical (unpaired) electrons. The van der Waals surface area contributed by atoms with Gasteiger partial charge in [0.2, 0.25) is 5.56 Å². The van der Waals surface area contributed by atoms with Crippen molar-refractivity contribution in [1.82, 2.24) is 19.9 Å². The summed E-state index contributed by atoms with van der Waals surface area (Å²) < 4.78 is 0. The summed E-state index contributed by atoms with van der Waals surface area (Å²) in [4.78, 5) is 43.4. The Kier molecular flexibility index (Phi) is 36.4. The number of nitrogens with one attached hydrogen (secondary N) is 2. The molecule has 0 amide bonds. The summed E-state index contributed by atoms with van der Waals surface area (Å²) >= 11 is 11.1. The van der Waals surface area contributed by atoms with Crippen LogP contribution in [0.5, 0.6) is 0 Å². The van der Waals surface area contributed by atoms with Crippen LogP contribution in [0.3, 0.4) is 0 Å². The monoisotopic (exact) mass is 592 g/mol. The van der Waals surface area contributed by atoms with Crippen LogP contribution in [0.4, 0.5) is 0 Å². The Labute approximate surface area is 250 Å². The third-order valence-corrected chi connectivity index (χ3v) is 4.27. The van der Waals surface area contributed by atoms with Gasteiger partial charge in [-0.05, 0) is 49.7 Å². The van der Waals surface area contributed by atoms with Crippen LogP contribution in [0.15, 0.2) is 89.0 Å². The summed E-state index contributed by atoms with van der Waals surface area (Å²) in [6, 6.07) is 15.6. The molecule has 4 heterocycles. The summed E-state index contributed by atoms with van der Waals surface area (Å²) in [5.41, 5.74) is 2.15. The van der Waals surface area contributed by atoms with Gasteiger partial charge in [-0.25, -0.2) is 9.97 Å². The highest BCUT2D eigenvalue weighted by atomic mass is 35.5. The fourth-order valence-electron chi connectivity index (χ4n) is 1.84. The average molecular weight is 594 g/mol. The maximum absolute atomic E-state index is 10.6. The zero-order chi connectivity index (χ0) is 31.8. The van der Waals surface area contributed by atoms with Crippen LogP contribution in [0.25, 0.3) is 0 Å². The highest BCUT2D eigenvalue weighted by Gasteiger charge is 1.94. The predicted molar refractivity (Wildman–Crippen MR) is 173 cm³/mol. The minimum Gasteiger partial charge on any atom is -0.329 e. The summed E-state index contributed by atoms with van der Waals surface area (Å²) in [7, 11) is 0. The molecule has 0 bridgehead atoms. The number of aromatic amines is 2. The number of halogens is 2. The SMILES string of the molecule is CC.CC.CC.CC.Cc1ccc[nH]c1=O.Cc1cccnc1Cl.O=Cc1cccnc1Cl.O=c1cccc[nH]1. The minimum absolute atomic E-state index is 0.00694. The molecule has 0 spiro atoms. The van der Waals surface area contributed by atoms with Gasteiger partial charge in [0.15, 0.2) is 6.29 Å². The first-order valence-electron chi connectivity index (χ1n) is 13.3. The smallest absolute Gasteiger partial charge is 0.250 e. The maximum atomic E-state index is 10.6. The van der Waals surface area contributed by atoms with E-state index in [9.17, 15) is 14.4 Å². The molecule has 0 saturated carbocycles. The Balaban J connectivity index is -0.000000199. The minimum atomic E-state index is -0.0532. The molecule has 0 saturated heterocycles. The lowest BCUT2D eigenvalue weighted by Crippen LogP contribution is -2.06. The van der Waals surface area contributed by atoms with Gasteiger partial charge in [-0.15, -0.1) is 0 Å². The molecule has 0 aliphatic heterocycles. The number of hydrogen-bond donors (Lipinski definition) is 2. The van der Waals surface area contributed by atoms with E-state index in [1.807, 2.05) is 74.4 Å². The second-order valence-electron chi connectivity index (χ2n) is 6.02. The zero-order valence-corrected chi connectivity index (χ0v) is 27.0. The fraction of sp³-hybridized carbons (Fsp3) is 0.323. The van der Waals surface area contributed by atoms with Crippen molar-refractivity contribution < 1.29 is 4.79 Å². The summed E-state index contributed by atoms with van der Waals surface area (Å²) in [6.07, 6.45) is 7.11. The molecule has 7 nitrogen and oxygen atoms in total.